The summed E-state index contributed by atoms with van der Waals surface area (Å²) in [4.78, 5) is 14.3. The van der Waals surface area contributed by atoms with Crippen LogP contribution < -0.4 is 11.1 Å². The van der Waals surface area contributed by atoms with Gasteiger partial charge < -0.3 is 11.1 Å². The van der Waals surface area contributed by atoms with Gasteiger partial charge >= 0.3 is 0 Å². The Morgan fingerprint density at radius 1 is 1.46 bits per heavy atom. The molecular formula is C15H23Cl2N3O3S. The normalized spacial score (nSPS) is 21.3. The lowest BCUT2D eigenvalue weighted by molar-refractivity contribution is -0.117. The van der Waals surface area contributed by atoms with Crippen molar-refractivity contribution in [2.75, 3.05) is 37.8 Å². The SMILES string of the molecule is CC1(CN)CCN(CC(=O)Nc2cc(S(C)(=O)=O)ccc2Cl)C1.Cl. The summed E-state index contributed by atoms with van der Waals surface area (Å²) in [6.45, 7) is 4.52. The van der Waals surface area contributed by atoms with Crippen LogP contribution in [0.15, 0.2) is 23.1 Å². The van der Waals surface area contributed by atoms with Crippen molar-refractivity contribution in [1.82, 2.24) is 4.90 Å². The highest BCUT2D eigenvalue weighted by Crippen LogP contribution is 2.29. The molecule has 0 saturated carbocycles. The van der Waals surface area contributed by atoms with E-state index in [1.54, 1.807) is 0 Å². The van der Waals surface area contributed by atoms with E-state index < -0.39 is 9.84 Å². The van der Waals surface area contributed by atoms with Crippen molar-refractivity contribution in [3.8, 4) is 0 Å². The summed E-state index contributed by atoms with van der Waals surface area (Å²) >= 11 is 6.04. The van der Waals surface area contributed by atoms with Gasteiger partial charge in [0, 0.05) is 12.8 Å². The fourth-order valence-electron chi connectivity index (χ4n) is 2.65. The molecule has 0 aromatic heterocycles. The van der Waals surface area contributed by atoms with Crippen LogP contribution in [0.5, 0.6) is 0 Å². The number of hydrogen-bond donors (Lipinski definition) is 2. The van der Waals surface area contributed by atoms with Gasteiger partial charge in [-0.2, -0.15) is 0 Å². The van der Waals surface area contributed by atoms with E-state index in [0.717, 1.165) is 25.8 Å². The Hall–Kier alpha value is -0.860. The molecule has 2 rings (SSSR count). The number of sulfone groups is 1. The highest BCUT2D eigenvalue weighted by molar-refractivity contribution is 7.90. The van der Waals surface area contributed by atoms with E-state index in [-0.39, 0.29) is 35.2 Å². The second kappa shape index (κ2) is 8.01. The van der Waals surface area contributed by atoms with Gasteiger partial charge in [-0.15, -0.1) is 12.4 Å². The minimum atomic E-state index is -3.35. The van der Waals surface area contributed by atoms with Crippen LogP contribution in [0, 0.1) is 5.41 Å². The number of rotatable bonds is 5. The van der Waals surface area contributed by atoms with E-state index in [2.05, 4.69) is 12.2 Å². The standard InChI is InChI=1S/C15H22ClN3O3S.ClH/c1-15(9-17)5-6-19(10-15)8-14(20)18-13-7-11(23(2,21)22)3-4-12(13)16;/h3-4,7H,5-6,8-10,17H2,1-2H3,(H,18,20);1H. The molecular weight excluding hydrogens is 373 g/mol. The molecule has 1 fully saturated rings. The molecule has 1 amide bonds. The molecule has 3 N–H and O–H groups in total. The molecule has 6 nitrogen and oxygen atoms in total. The summed E-state index contributed by atoms with van der Waals surface area (Å²) in [6, 6.07) is 4.26. The van der Waals surface area contributed by atoms with Gasteiger partial charge in [-0.05, 0) is 43.1 Å². The second-order valence-corrected chi connectivity index (χ2v) is 8.86. The summed E-state index contributed by atoms with van der Waals surface area (Å²) in [5.41, 5.74) is 6.12. The van der Waals surface area contributed by atoms with Gasteiger partial charge in [0.15, 0.2) is 9.84 Å². The number of carbonyl (C=O) groups excluding carboxylic acids is 1. The zero-order valence-corrected chi connectivity index (χ0v) is 16.1. The zero-order chi connectivity index (χ0) is 17.3. The van der Waals surface area contributed by atoms with Gasteiger partial charge in [-0.25, -0.2) is 8.42 Å². The Bertz CT molecular complexity index is 712. The number of nitrogens with one attached hydrogen (secondary N) is 1. The summed E-state index contributed by atoms with van der Waals surface area (Å²) in [5, 5.41) is 2.99. The van der Waals surface area contributed by atoms with Crippen molar-refractivity contribution in [3.05, 3.63) is 23.2 Å². The lowest BCUT2D eigenvalue weighted by Crippen LogP contribution is -2.35. The van der Waals surface area contributed by atoms with Gasteiger partial charge in [0.05, 0.1) is 22.2 Å². The van der Waals surface area contributed by atoms with Crippen LogP contribution >= 0.6 is 24.0 Å². The molecule has 136 valence electrons. The monoisotopic (exact) mass is 395 g/mol. The maximum absolute atomic E-state index is 12.2. The number of halogens is 2. The first kappa shape index (κ1) is 21.2. The van der Waals surface area contributed by atoms with E-state index in [1.165, 1.54) is 18.2 Å². The van der Waals surface area contributed by atoms with Gasteiger partial charge in [0.2, 0.25) is 5.91 Å². The molecule has 1 heterocycles. The maximum atomic E-state index is 12.2. The third kappa shape index (κ3) is 5.32. The van der Waals surface area contributed by atoms with Crippen molar-refractivity contribution >= 4 is 45.4 Å². The van der Waals surface area contributed by atoms with Crippen molar-refractivity contribution in [2.45, 2.75) is 18.2 Å². The van der Waals surface area contributed by atoms with Gasteiger partial charge in [0.1, 0.15) is 0 Å². The fraction of sp³-hybridized carbons (Fsp3) is 0.533. The van der Waals surface area contributed by atoms with Crippen molar-refractivity contribution < 1.29 is 13.2 Å². The van der Waals surface area contributed by atoms with Crippen LogP contribution in [0.3, 0.4) is 0 Å². The Morgan fingerprint density at radius 3 is 2.67 bits per heavy atom. The molecule has 1 aromatic rings. The molecule has 0 bridgehead atoms. The second-order valence-electron chi connectivity index (χ2n) is 6.44. The van der Waals surface area contributed by atoms with Crippen molar-refractivity contribution in [3.63, 3.8) is 0 Å². The first-order valence-corrected chi connectivity index (χ1v) is 9.62. The fourth-order valence-corrected chi connectivity index (χ4v) is 3.46. The van der Waals surface area contributed by atoms with Crippen molar-refractivity contribution in [1.29, 1.82) is 0 Å². The Labute approximate surface area is 154 Å². The Morgan fingerprint density at radius 2 is 2.12 bits per heavy atom. The average molecular weight is 396 g/mol. The van der Waals surface area contributed by atoms with Crippen LogP contribution in [0.1, 0.15) is 13.3 Å². The topological polar surface area (TPSA) is 92.5 Å². The summed E-state index contributed by atoms with van der Waals surface area (Å²) in [5.74, 6) is -0.223. The summed E-state index contributed by atoms with van der Waals surface area (Å²) in [7, 11) is -3.35. The predicted octanol–water partition coefficient (Wildman–Crippen LogP) is 1.77. The van der Waals surface area contributed by atoms with E-state index in [1.807, 2.05) is 4.90 Å². The first-order valence-electron chi connectivity index (χ1n) is 7.35. The first-order chi connectivity index (χ1) is 10.6. The Balaban J connectivity index is 0.00000288. The molecule has 1 atom stereocenters. The number of amides is 1. The van der Waals surface area contributed by atoms with Crippen LogP contribution in [0.2, 0.25) is 5.02 Å². The number of hydrogen-bond acceptors (Lipinski definition) is 5. The average Bonchev–Trinajstić information content (AvgIpc) is 2.82. The molecule has 1 aromatic carbocycles. The van der Waals surface area contributed by atoms with Crippen LogP contribution in [0.4, 0.5) is 5.69 Å². The van der Waals surface area contributed by atoms with E-state index >= 15 is 0 Å². The lowest BCUT2D eigenvalue weighted by Gasteiger charge is -2.22. The number of anilines is 1. The quantitative estimate of drug-likeness (QED) is 0.792. The van der Waals surface area contributed by atoms with Crippen molar-refractivity contribution in [2.24, 2.45) is 11.1 Å². The number of benzene rings is 1. The number of nitrogens with two attached hydrogens (primary N) is 1. The highest BCUT2D eigenvalue weighted by atomic mass is 35.5. The molecule has 9 heteroatoms. The van der Waals surface area contributed by atoms with Gasteiger partial charge in [-0.3, -0.25) is 9.69 Å². The van der Waals surface area contributed by atoms with Gasteiger partial charge in [-0.1, -0.05) is 18.5 Å². The molecule has 1 aliphatic heterocycles. The minimum Gasteiger partial charge on any atom is -0.330 e. The maximum Gasteiger partial charge on any atom is 0.238 e. The van der Waals surface area contributed by atoms with Crippen LogP contribution in [-0.2, 0) is 14.6 Å². The lowest BCUT2D eigenvalue weighted by atomic mass is 9.90. The predicted molar refractivity (Wildman–Crippen MR) is 98.7 cm³/mol. The van der Waals surface area contributed by atoms with E-state index in [9.17, 15) is 13.2 Å². The molecule has 0 radical (unpaired) electrons. The third-order valence-electron chi connectivity index (χ3n) is 4.14. The highest BCUT2D eigenvalue weighted by Gasteiger charge is 2.33. The Kier molecular flexibility index (Phi) is 7.07. The number of likely N-dealkylation sites (tertiary alicyclic amines) is 1. The van der Waals surface area contributed by atoms with E-state index in [4.69, 9.17) is 17.3 Å². The van der Waals surface area contributed by atoms with Gasteiger partial charge in [0.25, 0.3) is 0 Å². The zero-order valence-electron chi connectivity index (χ0n) is 13.7. The number of nitrogens with zero attached hydrogens (tertiary/aromatic N) is 1. The third-order valence-corrected chi connectivity index (χ3v) is 5.58. The summed E-state index contributed by atoms with van der Waals surface area (Å²) in [6.07, 6.45) is 2.07. The van der Waals surface area contributed by atoms with Crippen LogP contribution in [0.25, 0.3) is 0 Å². The largest absolute Gasteiger partial charge is 0.330 e. The molecule has 24 heavy (non-hydrogen) atoms. The summed E-state index contributed by atoms with van der Waals surface area (Å²) < 4.78 is 23.2. The molecule has 1 aliphatic rings. The minimum absolute atomic E-state index is 0. The smallest absolute Gasteiger partial charge is 0.238 e. The van der Waals surface area contributed by atoms with Crippen LogP contribution in [-0.4, -0.2) is 51.7 Å². The number of carbonyl (C=O) groups is 1. The van der Waals surface area contributed by atoms with E-state index in [0.29, 0.717) is 17.3 Å². The molecule has 0 spiro atoms. The molecule has 0 aliphatic carbocycles. The molecule has 1 saturated heterocycles. The molecule has 1 unspecified atom stereocenters.